The highest BCUT2D eigenvalue weighted by molar-refractivity contribution is 5.64. The Balaban J connectivity index is 1.64. The van der Waals surface area contributed by atoms with Crippen molar-refractivity contribution in [2.75, 3.05) is 7.11 Å². The zero-order valence-electron chi connectivity index (χ0n) is 17.7. The summed E-state index contributed by atoms with van der Waals surface area (Å²) in [6.45, 7) is 3.31. The Bertz CT molecular complexity index is 1270. The SMILES string of the molecule is COc1ccccc1C1(O)CCc2nc3ccc(-c4cnc(C(C)(C)O)nc4)cn3c21. The van der Waals surface area contributed by atoms with E-state index in [-0.39, 0.29) is 0 Å². The molecule has 158 valence electrons. The second kappa shape index (κ2) is 6.87. The molecule has 1 aliphatic carbocycles. The minimum absolute atomic E-state index is 0.367. The fourth-order valence-corrected chi connectivity index (χ4v) is 4.34. The van der Waals surface area contributed by atoms with Gasteiger partial charge in [0.2, 0.25) is 0 Å². The highest BCUT2D eigenvalue weighted by Crippen LogP contribution is 2.45. The lowest BCUT2D eigenvalue weighted by molar-refractivity contribution is 0.0687. The van der Waals surface area contributed by atoms with Crippen molar-refractivity contribution in [1.29, 1.82) is 0 Å². The number of aryl methyl sites for hydroxylation is 1. The molecule has 0 saturated carbocycles. The molecule has 4 aromatic rings. The average Bonchev–Trinajstić information content (AvgIpc) is 3.31. The topological polar surface area (TPSA) is 92.8 Å². The summed E-state index contributed by atoms with van der Waals surface area (Å²) in [4.78, 5) is 13.4. The number of methoxy groups -OCH3 is 1. The number of pyridine rings is 1. The Labute approximate surface area is 180 Å². The third kappa shape index (κ3) is 3.08. The molecule has 0 amide bonds. The number of benzene rings is 1. The van der Waals surface area contributed by atoms with Crippen LogP contribution in [0.1, 0.15) is 43.0 Å². The molecule has 1 unspecified atom stereocenters. The van der Waals surface area contributed by atoms with Crippen LogP contribution in [0.4, 0.5) is 0 Å². The van der Waals surface area contributed by atoms with E-state index in [1.165, 1.54) is 0 Å². The average molecular weight is 416 g/mol. The van der Waals surface area contributed by atoms with Crippen LogP contribution in [-0.2, 0) is 17.6 Å². The molecule has 0 fully saturated rings. The van der Waals surface area contributed by atoms with E-state index in [0.717, 1.165) is 33.7 Å². The van der Waals surface area contributed by atoms with Crippen molar-refractivity contribution in [3.63, 3.8) is 0 Å². The van der Waals surface area contributed by atoms with Crippen molar-refractivity contribution in [3.8, 4) is 16.9 Å². The summed E-state index contributed by atoms with van der Waals surface area (Å²) in [6, 6.07) is 11.5. The maximum Gasteiger partial charge on any atom is 0.159 e. The van der Waals surface area contributed by atoms with Gasteiger partial charge in [-0.3, -0.25) is 4.40 Å². The molecule has 7 nitrogen and oxygen atoms in total. The Morgan fingerprint density at radius 2 is 1.81 bits per heavy atom. The van der Waals surface area contributed by atoms with Crippen LogP contribution in [0.2, 0.25) is 0 Å². The van der Waals surface area contributed by atoms with Crippen molar-refractivity contribution in [1.82, 2.24) is 19.4 Å². The van der Waals surface area contributed by atoms with Gasteiger partial charge >= 0.3 is 0 Å². The highest BCUT2D eigenvalue weighted by Gasteiger charge is 2.44. The van der Waals surface area contributed by atoms with Crippen molar-refractivity contribution < 1.29 is 14.9 Å². The summed E-state index contributed by atoms with van der Waals surface area (Å²) >= 11 is 0. The normalized spacial score (nSPS) is 18.4. The van der Waals surface area contributed by atoms with Crippen LogP contribution in [0.15, 0.2) is 55.0 Å². The number of para-hydroxylation sites is 1. The Morgan fingerprint density at radius 3 is 2.52 bits per heavy atom. The first-order valence-corrected chi connectivity index (χ1v) is 10.2. The predicted molar refractivity (Wildman–Crippen MR) is 116 cm³/mol. The Kier molecular flexibility index (Phi) is 4.35. The van der Waals surface area contributed by atoms with Gasteiger partial charge in [-0.1, -0.05) is 18.2 Å². The first-order valence-electron chi connectivity index (χ1n) is 10.2. The van der Waals surface area contributed by atoms with E-state index in [1.807, 2.05) is 47.0 Å². The van der Waals surface area contributed by atoms with Gasteiger partial charge in [-0.2, -0.15) is 0 Å². The van der Waals surface area contributed by atoms with Crippen molar-refractivity contribution in [2.24, 2.45) is 0 Å². The first kappa shape index (κ1) is 19.7. The quantitative estimate of drug-likeness (QED) is 0.531. The smallest absolute Gasteiger partial charge is 0.159 e. The molecule has 0 aliphatic heterocycles. The second-order valence-corrected chi connectivity index (χ2v) is 8.47. The molecule has 0 saturated heterocycles. The molecule has 3 aromatic heterocycles. The van der Waals surface area contributed by atoms with E-state index in [4.69, 9.17) is 9.72 Å². The van der Waals surface area contributed by atoms with Crippen LogP contribution in [0.5, 0.6) is 5.75 Å². The van der Waals surface area contributed by atoms with E-state index in [9.17, 15) is 10.2 Å². The number of imidazole rings is 1. The van der Waals surface area contributed by atoms with Crippen molar-refractivity contribution in [3.05, 3.63) is 77.8 Å². The lowest BCUT2D eigenvalue weighted by Gasteiger charge is -2.26. The zero-order chi connectivity index (χ0) is 21.8. The van der Waals surface area contributed by atoms with Gasteiger partial charge in [0.1, 0.15) is 22.6 Å². The molecule has 0 bridgehead atoms. The zero-order valence-corrected chi connectivity index (χ0v) is 17.7. The summed E-state index contributed by atoms with van der Waals surface area (Å²) in [5.74, 6) is 1.02. The van der Waals surface area contributed by atoms with E-state index in [2.05, 4.69) is 9.97 Å². The standard InChI is InChI=1S/C24H24N4O3/c1-23(2,29)22-25-12-16(13-26-22)15-8-9-20-27-18-10-11-24(30,21(18)28(20)14-15)17-6-4-5-7-19(17)31-3/h4-9,12-14,29-30H,10-11H2,1-3H3. The number of hydrogen-bond acceptors (Lipinski definition) is 6. The van der Waals surface area contributed by atoms with Crippen LogP contribution in [0, 0.1) is 0 Å². The lowest BCUT2D eigenvalue weighted by Crippen LogP contribution is -2.26. The van der Waals surface area contributed by atoms with Crippen molar-refractivity contribution >= 4 is 5.65 Å². The number of aliphatic hydroxyl groups is 2. The fourth-order valence-electron chi connectivity index (χ4n) is 4.34. The van der Waals surface area contributed by atoms with E-state index in [0.29, 0.717) is 24.4 Å². The van der Waals surface area contributed by atoms with Crippen LogP contribution in [0.3, 0.4) is 0 Å². The summed E-state index contributed by atoms with van der Waals surface area (Å²) in [6.07, 6.45) is 6.58. The number of hydrogen-bond donors (Lipinski definition) is 2. The summed E-state index contributed by atoms with van der Waals surface area (Å²) in [7, 11) is 1.61. The van der Waals surface area contributed by atoms with Gasteiger partial charge < -0.3 is 14.9 Å². The maximum atomic E-state index is 11.8. The largest absolute Gasteiger partial charge is 0.496 e. The Hall–Kier alpha value is -3.29. The number of aromatic nitrogens is 4. The molecule has 31 heavy (non-hydrogen) atoms. The summed E-state index contributed by atoms with van der Waals surface area (Å²) in [5, 5.41) is 21.9. The van der Waals surface area contributed by atoms with Gasteiger partial charge in [0.15, 0.2) is 5.82 Å². The Morgan fingerprint density at radius 1 is 1.06 bits per heavy atom. The van der Waals surface area contributed by atoms with Gasteiger partial charge in [0, 0.05) is 35.3 Å². The van der Waals surface area contributed by atoms with Gasteiger partial charge in [0.25, 0.3) is 0 Å². The molecular formula is C24H24N4O3. The summed E-state index contributed by atoms with van der Waals surface area (Å²) < 4.78 is 7.48. The molecule has 1 aliphatic rings. The molecule has 2 N–H and O–H groups in total. The molecule has 3 heterocycles. The maximum absolute atomic E-state index is 11.8. The van der Waals surface area contributed by atoms with Crippen LogP contribution < -0.4 is 4.74 Å². The minimum Gasteiger partial charge on any atom is -0.496 e. The molecular weight excluding hydrogens is 392 g/mol. The molecule has 7 heteroatoms. The monoisotopic (exact) mass is 416 g/mol. The van der Waals surface area contributed by atoms with Crippen LogP contribution >= 0.6 is 0 Å². The molecule has 5 rings (SSSR count). The molecule has 1 atom stereocenters. The van der Waals surface area contributed by atoms with Gasteiger partial charge in [-0.05, 0) is 44.9 Å². The van der Waals surface area contributed by atoms with Crippen molar-refractivity contribution in [2.45, 2.75) is 37.9 Å². The highest BCUT2D eigenvalue weighted by atomic mass is 16.5. The second-order valence-electron chi connectivity index (χ2n) is 8.47. The molecule has 0 radical (unpaired) electrons. The molecule has 1 aromatic carbocycles. The number of fused-ring (bicyclic) bond motifs is 3. The number of rotatable bonds is 4. The van der Waals surface area contributed by atoms with Gasteiger partial charge in [0.05, 0.1) is 18.5 Å². The van der Waals surface area contributed by atoms with Gasteiger partial charge in [-0.25, -0.2) is 15.0 Å². The predicted octanol–water partition coefficient (Wildman–Crippen LogP) is 3.21. The summed E-state index contributed by atoms with van der Waals surface area (Å²) in [5.41, 5.74) is 2.58. The first-order chi connectivity index (χ1) is 14.8. The lowest BCUT2D eigenvalue weighted by atomic mass is 9.90. The van der Waals surface area contributed by atoms with E-state index in [1.54, 1.807) is 33.4 Å². The third-order valence-corrected chi connectivity index (χ3v) is 5.89. The number of ether oxygens (including phenoxy) is 1. The fraction of sp³-hybridized carbons (Fsp3) is 0.292. The van der Waals surface area contributed by atoms with E-state index >= 15 is 0 Å². The van der Waals surface area contributed by atoms with Crippen LogP contribution in [0.25, 0.3) is 16.8 Å². The number of nitrogens with zero attached hydrogens (tertiary/aromatic N) is 4. The van der Waals surface area contributed by atoms with Gasteiger partial charge in [-0.15, -0.1) is 0 Å². The van der Waals surface area contributed by atoms with E-state index < -0.39 is 11.2 Å². The van der Waals surface area contributed by atoms with Crippen LogP contribution in [-0.4, -0.2) is 36.7 Å². The third-order valence-electron chi connectivity index (χ3n) is 5.89. The minimum atomic E-state index is -1.19. The molecule has 0 spiro atoms.